The predicted octanol–water partition coefficient (Wildman–Crippen LogP) is 2.19. The second-order valence-electron chi connectivity index (χ2n) is 4.44. The first-order chi connectivity index (χ1) is 8.79. The Kier molecular flexibility index (Phi) is 4.47. The summed E-state index contributed by atoms with van der Waals surface area (Å²) in [6.07, 6.45) is 4.67. The van der Waals surface area contributed by atoms with Gasteiger partial charge in [0, 0.05) is 18.8 Å². The van der Waals surface area contributed by atoms with E-state index in [0.29, 0.717) is 6.04 Å². The van der Waals surface area contributed by atoms with Gasteiger partial charge in [-0.05, 0) is 24.5 Å². The summed E-state index contributed by atoms with van der Waals surface area (Å²) in [4.78, 5) is 0. The van der Waals surface area contributed by atoms with Gasteiger partial charge in [0.15, 0.2) is 0 Å². The van der Waals surface area contributed by atoms with Gasteiger partial charge in [-0.25, -0.2) is 0 Å². The van der Waals surface area contributed by atoms with Crippen LogP contribution in [-0.4, -0.2) is 21.5 Å². The molecule has 0 amide bonds. The third-order valence-electron chi connectivity index (χ3n) is 3.15. The fourth-order valence-corrected chi connectivity index (χ4v) is 1.91. The number of benzene rings is 1. The van der Waals surface area contributed by atoms with E-state index in [-0.39, 0.29) is 0 Å². The topological polar surface area (TPSA) is 42.7 Å². The lowest BCUT2D eigenvalue weighted by Gasteiger charge is -2.14. The molecule has 18 heavy (non-hydrogen) atoms. The van der Waals surface area contributed by atoms with Crippen LogP contribution in [0.4, 0.5) is 0 Å². The molecule has 0 saturated heterocycles. The van der Waals surface area contributed by atoms with Gasteiger partial charge in [-0.3, -0.25) is 4.68 Å². The molecule has 0 aliphatic carbocycles. The minimum atomic E-state index is 0.361. The monoisotopic (exact) mass is 244 g/mol. The van der Waals surface area contributed by atoms with Crippen molar-refractivity contribution in [3.63, 3.8) is 0 Å². The second-order valence-corrected chi connectivity index (χ2v) is 4.44. The molecule has 0 saturated carbocycles. The molecular weight excluding hydrogens is 224 g/mol. The lowest BCUT2D eigenvalue weighted by molar-refractivity contribution is 0.499. The van der Waals surface area contributed by atoms with Crippen molar-refractivity contribution in [3.8, 4) is 0 Å². The molecule has 0 aliphatic rings. The quantitative estimate of drug-likeness (QED) is 0.847. The molecular formula is C14H20N4. The van der Waals surface area contributed by atoms with Crippen LogP contribution in [0.1, 0.15) is 31.0 Å². The van der Waals surface area contributed by atoms with Crippen LogP contribution in [0.15, 0.2) is 36.7 Å². The number of nitrogens with one attached hydrogen (secondary N) is 1. The highest BCUT2D eigenvalue weighted by molar-refractivity contribution is 5.24. The normalized spacial score (nSPS) is 12.6. The van der Waals surface area contributed by atoms with Crippen molar-refractivity contribution >= 4 is 0 Å². The number of rotatable bonds is 6. The van der Waals surface area contributed by atoms with Gasteiger partial charge < -0.3 is 5.32 Å². The Morgan fingerprint density at radius 2 is 2.06 bits per heavy atom. The van der Waals surface area contributed by atoms with E-state index in [2.05, 4.69) is 53.7 Å². The Labute approximate surface area is 108 Å². The van der Waals surface area contributed by atoms with Crippen molar-refractivity contribution in [3.05, 3.63) is 47.8 Å². The minimum Gasteiger partial charge on any atom is -0.308 e. The van der Waals surface area contributed by atoms with Crippen LogP contribution in [0.2, 0.25) is 0 Å². The molecule has 0 bridgehead atoms. The first-order valence-corrected chi connectivity index (χ1v) is 6.46. The largest absolute Gasteiger partial charge is 0.308 e. The summed E-state index contributed by atoms with van der Waals surface area (Å²) in [6.45, 7) is 6.09. The van der Waals surface area contributed by atoms with Crippen molar-refractivity contribution in [1.29, 1.82) is 0 Å². The number of nitrogens with zero attached hydrogens (tertiary/aromatic N) is 3. The lowest BCUT2D eigenvalue weighted by Crippen LogP contribution is -2.23. The summed E-state index contributed by atoms with van der Waals surface area (Å²) in [5.41, 5.74) is 2.71. The molecule has 0 aliphatic heterocycles. The van der Waals surface area contributed by atoms with Crippen molar-refractivity contribution in [2.45, 2.75) is 32.9 Å². The van der Waals surface area contributed by atoms with E-state index >= 15 is 0 Å². The van der Waals surface area contributed by atoms with E-state index in [0.717, 1.165) is 19.5 Å². The van der Waals surface area contributed by atoms with E-state index in [1.165, 1.54) is 11.1 Å². The van der Waals surface area contributed by atoms with Gasteiger partial charge in [-0.1, -0.05) is 36.4 Å². The maximum Gasteiger partial charge on any atom is 0.0692 e. The summed E-state index contributed by atoms with van der Waals surface area (Å²) >= 11 is 0. The molecule has 1 N–H and O–H groups in total. The number of hydrogen-bond donors (Lipinski definition) is 1. The third-order valence-corrected chi connectivity index (χ3v) is 3.15. The molecule has 1 unspecified atom stereocenters. The molecule has 0 fully saturated rings. The van der Waals surface area contributed by atoms with Gasteiger partial charge >= 0.3 is 0 Å². The Bertz CT molecular complexity index is 447. The van der Waals surface area contributed by atoms with E-state index in [1.807, 2.05) is 10.9 Å². The summed E-state index contributed by atoms with van der Waals surface area (Å²) in [5, 5.41) is 11.2. The van der Waals surface area contributed by atoms with Crippen LogP contribution < -0.4 is 5.32 Å². The molecule has 96 valence electrons. The first-order valence-electron chi connectivity index (χ1n) is 6.46. The van der Waals surface area contributed by atoms with Crippen molar-refractivity contribution in [2.75, 3.05) is 6.54 Å². The minimum absolute atomic E-state index is 0.361. The van der Waals surface area contributed by atoms with Crippen molar-refractivity contribution < 1.29 is 0 Å². The van der Waals surface area contributed by atoms with Gasteiger partial charge in [0.05, 0.1) is 12.7 Å². The van der Waals surface area contributed by atoms with E-state index in [4.69, 9.17) is 0 Å². The summed E-state index contributed by atoms with van der Waals surface area (Å²) in [7, 11) is 0. The molecule has 1 aromatic heterocycles. The van der Waals surface area contributed by atoms with Crippen molar-refractivity contribution in [1.82, 2.24) is 20.3 Å². The highest BCUT2D eigenvalue weighted by Gasteiger charge is 2.04. The van der Waals surface area contributed by atoms with E-state index < -0.39 is 0 Å². The van der Waals surface area contributed by atoms with Crippen LogP contribution in [0.5, 0.6) is 0 Å². The molecule has 0 radical (unpaired) electrons. The van der Waals surface area contributed by atoms with Crippen LogP contribution in [0.25, 0.3) is 0 Å². The fourth-order valence-electron chi connectivity index (χ4n) is 1.91. The Morgan fingerprint density at radius 1 is 1.28 bits per heavy atom. The molecule has 1 heterocycles. The predicted molar refractivity (Wildman–Crippen MR) is 72.3 cm³/mol. The van der Waals surface area contributed by atoms with Gasteiger partial charge in [-0.15, -0.1) is 5.10 Å². The first kappa shape index (κ1) is 12.8. The average Bonchev–Trinajstić information content (AvgIpc) is 2.92. The van der Waals surface area contributed by atoms with Gasteiger partial charge in [0.25, 0.3) is 0 Å². The van der Waals surface area contributed by atoms with Crippen LogP contribution in [0, 0.1) is 0 Å². The number of aryl methyl sites for hydroxylation is 1. The van der Waals surface area contributed by atoms with E-state index in [9.17, 15) is 0 Å². The van der Waals surface area contributed by atoms with Crippen molar-refractivity contribution in [2.24, 2.45) is 0 Å². The SMILES string of the molecule is CCc1ccc(C(C)NCCn2ccnn2)cc1. The Morgan fingerprint density at radius 3 is 2.67 bits per heavy atom. The third kappa shape index (κ3) is 3.40. The molecule has 2 aromatic rings. The Hall–Kier alpha value is -1.68. The maximum absolute atomic E-state index is 3.94. The maximum atomic E-state index is 3.94. The molecule has 1 atom stereocenters. The zero-order valence-electron chi connectivity index (χ0n) is 11.0. The average molecular weight is 244 g/mol. The Balaban J connectivity index is 1.81. The van der Waals surface area contributed by atoms with Crippen LogP contribution >= 0.6 is 0 Å². The van der Waals surface area contributed by atoms with Crippen LogP contribution in [0.3, 0.4) is 0 Å². The van der Waals surface area contributed by atoms with Gasteiger partial charge in [-0.2, -0.15) is 0 Å². The summed E-state index contributed by atoms with van der Waals surface area (Å²) in [5.74, 6) is 0. The number of aromatic nitrogens is 3. The molecule has 2 rings (SSSR count). The van der Waals surface area contributed by atoms with Gasteiger partial charge in [0.1, 0.15) is 0 Å². The number of hydrogen-bond acceptors (Lipinski definition) is 3. The molecule has 4 nitrogen and oxygen atoms in total. The molecule has 4 heteroatoms. The lowest BCUT2D eigenvalue weighted by atomic mass is 10.1. The smallest absolute Gasteiger partial charge is 0.0692 e. The second kappa shape index (κ2) is 6.31. The standard InChI is InChI=1S/C14H20N4/c1-3-13-4-6-14(7-5-13)12(2)15-8-10-18-11-9-16-17-18/h4-7,9,11-12,15H,3,8,10H2,1-2H3. The highest BCUT2D eigenvalue weighted by atomic mass is 15.4. The fraction of sp³-hybridized carbons (Fsp3) is 0.429. The highest BCUT2D eigenvalue weighted by Crippen LogP contribution is 2.13. The summed E-state index contributed by atoms with van der Waals surface area (Å²) < 4.78 is 1.83. The zero-order chi connectivity index (χ0) is 12.8. The van der Waals surface area contributed by atoms with E-state index in [1.54, 1.807) is 6.20 Å². The summed E-state index contributed by atoms with van der Waals surface area (Å²) in [6, 6.07) is 9.16. The van der Waals surface area contributed by atoms with Crippen LogP contribution in [-0.2, 0) is 13.0 Å². The molecule has 0 spiro atoms. The van der Waals surface area contributed by atoms with Gasteiger partial charge in [0.2, 0.25) is 0 Å². The molecule has 1 aromatic carbocycles. The zero-order valence-corrected chi connectivity index (χ0v) is 11.0.